The molecule has 0 spiro atoms. The van der Waals surface area contributed by atoms with E-state index in [-0.39, 0.29) is 23.4 Å². The minimum Gasteiger partial charge on any atom is -0.444 e. The second-order valence-corrected chi connectivity index (χ2v) is 17.9. The summed E-state index contributed by atoms with van der Waals surface area (Å²) in [6.07, 6.45) is 1.40. The first kappa shape index (κ1) is 30.2. The summed E-state index contributed by atoms with van der Waals surface area (Å²) in [4.78, 5) is 29.0. The standard InChI is InChI=1S/C29H41FN2O4SSi/c1-28(2,3)35-27(34)32-18-20(36-38(8,9)29(4,5)6)17-24(32)26(33)31-23-15-14-19(16-22(23)30)21-12-10-11-13-25(21)37-7/h10-16,20,24H,17-18H2,1-9H3,(H,31,33)/t20-,24?/m1/s1. The highest BCUT2D eigenvalue weighted by molar-refractivity contribution is 7.98. The third-order valence-corrected chi connectivity index (χ3v) is 12.4. The molecule has 3 rings (SSSR count). The average molecular weight is 561 g/mol. The van der Waals surface area contributed by atoms with Crippen molar-refractivity contribution in [2.75, 3.05) is 18.1 Å². The summed E-state index contributed by atoms with van der Waals surface area (Å²) in [5, 5.41) is 2.68. The van der Waals surface area contributed by atoms with E-state index in [2.05, 4.69) is 39.2 Å². The minimum absolute atomic E-state index is 0.0239. The molecule has 1 unspecified atom stereocenters. The number of hydrogen-bond donors (Lipinski definition) is 1. The molecule has 1 fully saturated rings. The van der Waals surface area contributed by atoms with Crippen molar-refractivity contribution in [1.29, 1.82) is 0 Å². The van der Waals surface area contributed by atoms with Crippen LogP contribution in [-0.4, -0.2) is 55.8 Å². The van der Waals surface area contributed by atoms with Gasteiger partial charge in [-0.05, 0) is 74.5 Å². The number of hydrogen-bond acceptors (Lipinski definition) is 5. The Labute approximate surface area is 231 Å². The predicted molar refractivity (Wildman–Crippen MR) is 156 cm³/mol. The molecule has 0 aromatic heterocycles. The molecule has 2 amide bonds. The van der Waals surface area contributed by atoms with Gasteiger partial charge < -0.3 is 14.5 Å². The highest BCUT2D eigenvalue weighted by Gasteiger charge is 2.46. The van der Waals surface area contributed by atoms with Crippen molar-refractivity contribution in [3.8, 4) is 11.1 Å². The van der Waals surface area contributed by atoms with E-state index in [1.807, 2.05) is 30.5 Å². The Kier molecular flexibility index (Phi) is 9.05. The van der Waals surface area contributed by atoms with Crippen LogP contribution in [0.5, 0.6) is 0 Å². The number of ether oxygens (including phenoxy) is 1. The van der Waals surface area contributed by atoms with Crippen molar-refractivity contribution in [3.63, 3.8) is 0 Å². The fourth-order valence-electron chi connectivity index (χ4n) is 4.13. The summed E-state index contributed by atoms with van der Waals surface area (Å²) in [5.41, 5.74) is 1.00. The first-order valence-corrected chi connectivity index (χ1v) is 17.1. The van der Waals surface area contributed by atoms with Gasteiger partial charge in [-0.25, -0.2) is 9.18 Å². The molecule has 6 nitrogen and oxygen atoms in total. The first-order valence-electron chi connectivity index (χ1n) is 12.9. The van der Waals surface area contributed by atoms with Crippen molar-refractivity contribution < 1.29 is 23.1 Å². The summed E-state index contributed by atoms with van der Waals surface area (Å²) in [6.45, 7) is 16.3. The van der Waals surface area contributed by atoms with Gasteiger partial charge in [0.2, 0.25) is 5.91 Å². The number of anilines is 1. The normalized spacial score (nSPS) is 18.4. The molecule has 208 valence electrons. The highest BCUT2D eigenvalue weighted by Crippen LogP contribution is 2.39. The lowest BCUT2D eigenvalue weighted by Crippen LogP contribution is -2.46. The zero-order valence-corrected chi connectivity index (χ0v) is 25.8. The number of carbonyl (C=O) groups excluding carboxylic acids is 2. The first-order chi connectivity index (χ1) is 17.5. The molecule has 1 N–H and O–H groups in total. The molecule has 2 aromatic rings. The van der Waals surface area contributed by atoms with Crippen LogP contribution >= 0.6 is 11.8 Å². The minimum atomic E-state index is -2.15. The molecule has 38 heavy (non-hydrogen) atoms. The summed E-state index contributed by atoms with van der Waals surface area (Å²) < 4.78 is 27.3. The van der Waals surface area contributed by atoms with Gasteiger partial charge in [0.05, 0.1) is 11.8 Å². The molecule has 1 saturated heterocycles. The van der Waals surface area contributed by atoms with Crippen molar-refractivity contribution in [2.45, 2.75) is 88.7 Å². The monoisotopic (exact) mass is 560 g/mol. The lowest BCUT2D eigenvalue weighted by Gasteiger charge is -2.38. The SMILES string of the molecule is CSc1ccccc1-c1ccc(NC(=O)C2C[C@@H](O[Si](C)(C)C(C)(C)C)CN2C(=O)OC(C)(C)C)c(F)c1. The Morgan fingerprint density at radius 3 is 2.32 bits per heavy atom. The fourth-order valence-corrected chi connectivity index (χ4v) is 6.11. The number of nitrogens with one attached hydrogen (secondary N) is 1. The Morgan fingerprint density at radius 1 is 1.08 bits per heavy atom. The fraction of sp³-hybridized carbons (Fsp3) is 0.517. The van der Waals surface area contributed by atoms with Gasteiger partial charge in [-0.3, -0.25) is 9.69 Å². The van der Waals surface area contributed by atoms with E-state index in [0.717, 1.165) is 16.0 Å². The van der Waals surface area contributed by atoms with E-state index in [4.69, 9.17) is 9.16 Å². The maximum Gasteiger partial charge on any atom is 0.411 e. The van der Waals surface area contributed by atoms with E-state index in [1.165, 1.54) is 11.0 Å². The third-order valence-electron chi connectivity index (χ3n) is 7.11. The summed E-state index contributed by atoms with van der Waals surface area (Å²) >= 11 is 1.59. The Bertz CT molecular complexity index is 1180. The Hall–Kier alpha value is -2.36. The number of rotatable bonds is 6. The van der Waals surface area contributed by atoms with E-state index in [9.17, 15) is 9.59 Å². The zero-order chi connectivity index (χ0) is 28.5. The van der Waals surface area contributed by atoms with Crippen LogP contribution in [0.3, 0.4) is 0 Å². The lowest BCUT2D eigenvalue weighted by atomic mass is 10.0. The lowest BCUT2D eigenvalue weighted by molar-refractivity contribution is -0.120. The maximum absolute atomic E-state index is 15.2. The van der Waals surface area contributed by atoms with Crippen molar-refractivity contribution in [2.24, 2.45) is 0 Å². The van der Waals surface area contributed by atoms with Gasteiger partial charge >= 0.3 is 6.09 Å². The van der Waals surface area contributed by atoms with Gasteiger partial charge in [-0.2, -0.15) is 0 Å². The topological polar surface area (TPSA) is 67.9 Å². The summed E-state index contributed by atoms with van der Waals surface area (Å²) in [7, 11) is -2.15. The molecule has 9 heteroatoms. The Balaban J connectivity index is 1.83. The summed E-state index contributed by atoms with van der Waals surface area (Å²) in [5.74, 6) is -1.00. The molecule has 0 aliphatic carbocycles. The van der Waals surface area contributed by atoms with Crippen molar-refractivity contribution in [1.82, 2.24) is 4.90 Å². The highest BCUT2D eigenvalue weighted by atomic mass is 32.2. The van der Waals surface area contributed by atoms with Crippen LogP contribution in [0, 0.1) is 5.82 Å². The van der Waals surface area contributed by atoms with Crippen molar-refractivity contribution in [3.05, 3.63) is 48.3 Å². The van der Waals surface area contributed by atoms with Gasteiger partial charge in [0, 0.05) is 17.9 Å². The number of carbonyl (C=O) groups is 2. The second-order valence-electron chi connectivity index (χ2n) is 12.3. The molecule has 0 radical (unpaired) electrons. The molecule has 1 aliphatic heterocycles. The van der Waals surface area contributed by atoms with Gasteiger partial charge in [0.1, 0.15) is 17.5 Å². The predicted octanol–water partition coefficient (Wildman–Crippen LogP) is 7.55. The number of thioether (sulfide) groups is 1. The number of likely N-dealkylation sites (tertiary alicyclic amines) is 1. The van der Waals surface area contributed by atoms with Crippen LogP contribution in [0.4, 0.5) is 14.9 Å². The molecule has 2 atom stereocenters. The van der Waals surface area contributed by atoms with Gasteiger partial charge in [0.15, 0.2) is 8.32 Å². The van der Waals surface area contributed by atoms with Crippen LogP contribution in [0.1, 0.15) is 48.0 Å². The van der Waals surface area contributed by atoms with E-state index >= 15 is 4.39 Å². The van der Waals surface area contributed by atoms with Gasteiger partial charge in [0.25, 0.3) is 0 Å². The van der Waals surface area contributed by atoms with Crippen LogP contribution in [-0.2, 0) is 14.0 Å². The quantitative estimate of drug-likeness (QED) is 0.292. The van der Waals surface area contributed by atoms with E-state index in [0.29, 0.717) is 6.42 Å². The number of benzene rings is 2. The second kappa shape index (κ2) is 11.4. The van der Waals surface area contributed by atoms with Crippen molar-refractivity contribution >= 4 is 37.8 Å². The zero-order valence-electron chi connectivity index (χ0n) is 24.0. The maximum atomic E-state index is 15.2. The van der Waals surface area contributed by atoms with Crippen LogP contribution < -0.4 is 5.32 Å². The van der Waals surface area contributed by atoms with Gasteiger partial charge in [-0.1, -0.05) is 45.0 Å². The van der Waals surface area contributed by atoms with E-state index in [1.54, 1.807) is 44.7 Å². The third kappa shape index (κ3) is 7.18. The number of nitrogens with zero attached hydrogens (tertiary/aromatic N) is 1. The van der Waals surface area contributed by atoms with E-state index < -0.39 is 37.8 Å². The van der Waals surface area contributed by atoms with Crippen LogP contribution in [0.2, 0.25) is 18.1 Å². The molecule has 1 aliphatic rings. The smallest absolute Gasteiger partial charge is 0.411 e. The van der Waals surface area contributed by atoms with Crippen LogP contribution in [0.25, 0.3) is 11.1 Å². The molecule has 0 saturated carbocycles. The summed E-state index contributed by atoms with van der Waals surface area (Å²) in [6, 6.07) is 11.7. The number of amides is 2. The Morgan fingerprint density at radius 2 is 1.74 bits per heavy atom. The number of halogens is 1. The molecular formula is C29H41FN2O4SSi. The average Bonchev–Trinajstić information content (AvgIpc) is 3.22. The largest absolute Gasteiger partial charge is 0.444 e. The molecule has 0 bridgehead atoms. The molecule has 2 aromatic carbocycles. The van der Waals surface area contributed by atoms with Gasteiger partial charge in [-0.15, -0.1) is 11.8 Å². The molecule has 1 heterocycles. The van der Waals surface area contributed by atoms with Crippen LogP contribution in [0.15, 0.2) is 47.4 Å². The molecular weight excluding hydrogens is 519 g/mol.